The highest BCUT2D eigenvalue weighted by molar-refractivity contribution is 14.1. The second-order valence-electron chi connectivity index (χ2n) is 0.638. The molecule has 0 aromatic heterocycles. The van der Waals surface area contributed by atoms with E-state index in [0.717, 1.165) is 0 Å². The van der Waals surface area contributed by atoms with Crippen molar-refractivity contribution in [3.63, 3.8) is 0 Å². The first-order valence-electron chi connectivity index (χ1n) is 1.14. The van der Waals surface area contributed by atoms with Crippen molar-refractivity contribution < 1.29 is 9.59 Å². The van der Waals surface area contributed by atoms with Crippen LogP contribution in [0.15, 0.2) is 0 Å². The average molecular weight is 199 g/mol. The Labute approximate surface area is 48.0 Å². The van der Waals surface area contributed by atoms with Crippen molar-refractivity contribution in [2.75, 3.05) is 0 Å². The van der Waals surface area contributed by atoms with Gasteiger partial charge < -0.3 is 5.73 Å². The number of hydrogen-bond acceptors (Lipinski definition) is 2. The smallest absolute Gasteiger partial charge is 0.295 e. The van der Waals surface area contributed by atoms with Gasteiger partial charge in [0.05, 0.1) is 0 Å². The highest BCUT2D eigenvalue weighted by atomic mass is 127. The summed E-state index contributed by atoms with van der Waals surface area (Å²) in [6.45, 7) is 0. The Kier molecular flexibility index (Phi) is 2.07. The summed E-state index contributed by atoms with van der Waals surface area (Å²) >= 11 is 1.32. The molecule has 0 fully saturated rings. The zero-order valence-electron chi connectivity index (χ0n) is 2.77. The van der Waals surface area contributed by atoms with Crippen LogP contribution in [0.25, 0.3) is 0 Å². The van der Waals surface area contributed by atoms with Crippen molar-refractivity contribution in [2.45, 2.75) is 0 Å². The number of hydrogen-bond donors (Lipinski definition) is 1. The lowest BCUT2D eigenvalue weighted by atomic mass is 10.7. The zero-order chi connectivity index (χ0) is 5.15. The molecule has 0 heterocycles. The first kappa shape index (κ1) is 5.87. The highest BCUT2D eigenvalue weighted by Gasteiger charge is 1.98. The third-order valence-corrected chi connectivity index (χ3v) is 0.725. The van der Waals surface area contributed by atoms with Crippen LogP contribution in [0.4, 0.5) is 0 Å². The van der Waals surface area contributed by atoms with Crippen molar-refractivity contribution in [2.24, 2.45) is 5.73 Å². The fourth-order valence-electron chi connectivity index (χ4n) is 0. The van der Waals surface area contributed by atoms with Crippen molar-refractivity contribution in [3.8, 4) is 0 Å². The zero-order valence-corrected chi connectivity index (χ0v) is 4.93. The Morgan fingerprint density at radius 2 is 1.67 bits per heavy atom. The molecule has 0 aliphatic heterocycles. The summed E-state index contributed by atoms with van der Waals surface area (Å²) in [5.74, 6) is -0.893. The maximum absolute atomic E-state index is 9.66. The van der Waals surface area contributed by atoms with E-state index in [1.165, 1.54) is 22.6 Å². The minimum Gasteiger partial charge on any atom is -0.362 e. The van der Waals surface area contributed by atoms with Crippen molar-refractivity contribution in [1.82, 2.24) is 0 Å². The summed E-state index contributed by atoms with van der Waals surface area (Å²) in [6.07, 6.45) is 0. The van der Waals surface area contributed by atoms with Crippen molar-refractivity contribution in [1.29, 1.82) is 0 Å². The summed E-state index contributed by atoms with van der Waals surface area (Å²) in [5, 5.41) is 0. The lowest BCUT2D eigenvalue weighted by Gasteiger charge is -1.72. The molecule has 2 N–H and O–H groups in total. The fraction of sp³-hybridized carbons (Fsp3) is 0. The number of rotatable bonds is 1. The van der Waals surface area contributed by atoms with Crippen LogP contribution in [0.5, 0.6) is 0 Å². The molecule has 0 aliphatic carbocycles. The van der Waals surface area contributed by atoms with Gasteiger partial charge in [-0.05, 0) is 0 Å². The summed E-state index contributed by atoms with van der Waals surface area (Å²) in [6, 6.07) is 0. The molecule has 0 aromatic carbocycles. The molecular formula is C2H2INO2. The minimum atomic E-state index is -0.893. The van der Waals surface area contributed by atoms with E-state index < -0.39 is 9.70 Å². The van der Waals surface area contributed by atoms with Crippen LogP contribution >= 0.6 is 22.6 Å². The molecular weight excluding hydrogens is 197 g/mol. The normalized spacial score (nSPS) is 7.50. The molecule has 3 nitrogen and oxygen atoms in total. The Morgan fingerprint density at radius 1 is 1.50 bits per heavy atom. The second kappa shape index (κ2) is 2.12. The van der Waals surface area contributed by atoms with E-state index in [-0.39, 0.29) is 0 Å². The minimum absolute atomic E-state index is 0.632. The van der Waals surface area contributed by atoms with Gasteiger partial charge in [0, 0.05) is 22.6 Å². The van der Waals surface area contributed by atoms with Crippen LogP contribution in [0.1, 0.15) is 0 Å². The quantitative estimate of drug-likeness (QED) is 0.349. The number of carbonyl (C=O) groups excluding carboxylic acids is 2. The Bertz CT molecular complexity index is 77.5. The van der Waals surface area contributed by atoms with Gasteiger partial charge in [-0.3, -0.25) is 9.59 Å². The standard InChI is InChI=1S/C2H2INO2/c3-1(5)2(4)6/h(H2,4,6). The highest BCUT2D eigenvalue weighted by Crippen LogP contribution is 1.79. The van der Waals surface area contributed by atoms with E-state index in [1.54, 1.807) is 0 Å². The number of carbonyl (C=O) groups is 2. The van der Waals surface area contributed by atoms with Gasteiger partial charge in [-0.2, -0.15) is 0 Å². The van der Waals surface area contributed by atoms with Crippen LogP contribution in [0.3, 0.4) is 0 Å². The lowest BCUT2D eigenvalue weighted by molar-refractivity contribution is -0.130. The molecule has 0 spiro atoms. The van der Waals surface area contributed by atoms with Crippen molar-refractivity contribution >= 4 is 32.3 Å². The Morgan fingerprint density at radius 3 is 1.67 bits per heavy atom. The van der Waals surface area contributed by atoms with E-state index >= 15 is 0 Å². The molecule has 0 unspecified atom stereocenters. The van der Waals surface area contributed by atoms with Gasteiger partial charge in [0.25, 0.3) is 9.70 Å². The third kappa shape index (κ3) is 2.13. The molecule has 4 heteroatoms. The largest absolute Gasteiger partial charge is 0.362 e. The maximum Gasteiger partial charge on any atom is 0.295 e. The molecule has 6 heavy (non-hydrogen) atoms. The van der Waals surface area contributed by atoms with E-state index in [9.17, 15) is 9.59 Å². The molecule has 34 valence electrons. The van der Waals surface area contributed by atoms with E-state index in [4.69, 9.17) is 0 Å². The van der Waals surface area contributed by atoms with Crippen LogP contribution in [-0.4, -0.2) is 9.70 Å². The molecule has 0 bridgehead atoms. The van der Waals surface area contributed by atoms with E-state index in [2.05, 4.69) is 5.73 Å². The molecule has 1 amide bonds. The first-order valence-corrected chi connectivity index (χ1v) is 2.21. The molecule has 0 aliphatic rings. The molecule has 0 saturated carbocycles. The van der Waals surface area contributed by atoms with Crippen LogP contribution in [0.2, 0.25) is 0 Å². The summed E-state index contributed by atoms with van der Waals surface area (Å²) in [7, 11) is 0. The lowest BCUT2D eigenvalue weighted by Crippen LogP contribution is -2.16. The van der Waals surface area contributed by atoms with Gasteiger partial charge in [0.1, 0.15) is 0 Å². The maximum atomic E-state index is 9.66. The van der Waals surface area contributed by atoms with Crippen molar-refractivity contribution in [3.05, 3.63) is 0 Å². The molecule has 0 atom stereocenters. The molecule has 0 radical (unpaired) electrons. The number of nitrogens with two attached hydrogens (primary N) is 1. The molecule has 0 rings (SSSR count). The first-order chi connectivity index (χ1) is 2.64. The summed E-state index contributed by atoms with van der Waals surface area (Å²) < 4.78 is -0.632. The Hall–Kier alpha value is -0.130. The van der Waals surface area contributed by atoms with Gasteiger partial charge in [0.15, 0.2) is 0 Å². The second-order valence-corrected chi connectivity index (χ2v) is 1.62. The van der Waals surface area contributed by atoms with Gasteiger partial charge in [-0.1, -0.05) is 0 Å². The van der Waals surface area contributed by atoms with Gasteiger partial charge >= 0.3 is 0 Å². The van der Waals surface area contributed by atoms with Crippen LogP contribution < -0.4 is 5.73 Å². The van der Waals surface area contributed by atoms with E-state index in [0.29, 0.717) is 0 Å². The van der Waals surface area contributed by atoms with Gasteiger partial charge in [0.2, 0.25) is 0 Å². The monoisotopic (exact) mass is 199 g/mol. The summed E-state index contributed by atoms with van der Waals surface area (Å²) in [4.78, 5) is 19.2. The van der Waals surface area contributed by atoms with Crippen LogP contribution in [-0.2, 0) is 9.59 Å². The average Bonchev–Trinajstić information content (AvgIpc) is 1.36. The number of halogens is 1. The number of primary amides is 1. The predicted octanol–water partition coefficient (Wildman–Crippen LogP) is -0.567. The topological polar surface area (TPSA) is 60.2 Å². The Balaban J connectivity index is 3.57. The van der Waals surface area contributed by atoms with E-state index in [1.807, 2.05) is 0 Å². The van der Waals surface area contributed by atoms with Crippen LogP contribution in [0, 0.1) is 0 Å². The van der Waals surface area contributed by atoms with Gasteiger partial charge in [-0.15, -0.1) is 0 Å². The molecule has 0 aromatic rings. The predicted molar refractivity (Wildman–Crippen MR) is 28.2 cm³/mol. The summed E-state index contributed by atoms with van der Waals surface area (Å²) in [5.41, 5.74) is 4.44. The third-order valence-electron chi connectivity index (χ3n) is 0.194. The van der Waals surface area contributed by atoms with Gasteiger partial charge in [-0.25, -0.2) is 0 Å². The molecule has 0 saturated heterocycles. The SMILES string of the molecule is NC(=O)C(=O)I. The fourth-order valence-corrected chi connectivity index (χ4v) is 0. The number of amides is 1.